The predicted molar refractivity (Wildman–Crippen MR) is 107 cm³/mol. The SMILES string of the molecule is NC(=O)c1ccccc1CCCCCCNc1ccnc2ccccc12. The number of fused-ring (bicyclic) bond motifs is 1. The van der Waals surface area contributed by atoms with Crippen molar-refractivity contribution in [3.63, 3.8) is 0 Å². The van der Waals surface area contributed by atoms with E-state index in [4.69, 9.17) is 5.73 Å². The number of nitrogens with zero attached hydrogens (tertiary/aromatic N) is 1. The van der Waals surface area contributed by atoms with Crippen LogP contribution >= 0.6 is 0 Å². The van der Waals surface area contributed by atoms with Gasteiger partial charge >= 0.3 is 0 Å². The van der Waals surface area contributed by atoms with Crippen molar-refractivity contribution in [2.75, 3.05) is 11.9 Å². The molecule has 0 saturated carbocycles. The van der Waals surface area contributed by atoms with Crippen molar-refractivity contribution in [1.82, 2.24) is 4.98 Å². The molecular formula is C22H25N3O. The summed E-state index contributed by atoms with van der Waals surface area (Å²) in [5, 5.41) is 4.68. The van der Waals surface area contributed by atoms with Crippen molar-refractivity contribution in [3.05, 3.63) is 71.9 Å². The van der Waals surface area contributed by atoms with Crippen molar-refractivity contribution in [3.8, 4) is 0 Å². The van der Waals surface area contributed by atoms with Gasteiger partial charge in [-0.2, -0.15) is 0 Å². The van der Waals surface area contributed by atoms with Gasteiger partial charge in [-0.3, -0.25) is 9.78 Å². The van der Waals surface area contributed by atoms with Crippen molar-refractivity contribution in [2.24, 2.45) is 5.73 Å². The van der Waals surface area contributed by atoms with Crippen molar-refractivity contribution in [2.45, 2.75) is 32.1 Å². The van der Waals surface area contributed by atoms with Crippen molar-refractivity contribution < 1.29 is 4.79 Å². The standard InChI is InChI=1S/C22H25N3O/c23-22(26)18-11-5-4-10-17(18)9-3-1-2-8-15-24-21-14-16-25-20-13-7-6-12-19(20)21/h4-7,10-14,16H,1-3,8-9,15H2,(H2,23,26)(H,24,25). The topological polar surface area (TPSA) is 68.0 Å². The number of para-hydroxylation sites is 1. The van der Waals surface area contributed by atoms with Gasteiger partial charge in [-0.05, 0) is 43.0 Å². The van der Waals surface area contributed by atoms with E-state index in [-0.39, 0.29) is 5.91 Å². The molecule has 134 valence electrons. The molecule has 0 aliphatic heterocycles. The largest absolute Gasteiger partial charge is 0.384 e. The molecular weight excluding hydrogens is 322 g/mol. The van der Waals surface area contributed by atoms with E-state index in [1.54, 1.807) is 6.07 Å². The molecule has 0 atom stereocenters. The van der Waals surface area contributed by atoms with Crippen LogP contribution in [0.15, 0.2) is 60.8 Å². The molecule has 1 aromatic heterocycles. The van der Waals surface area contributed by atoms with Gasteiger partial charge in [0, 0.05) is 29.4 Å². The minimum atomic E-state index is -0.339. The summed E-state index contributed by atoms with van der Waals surface area (Å²) in [6, 6.07) is 17.8. The van der Waals surface area contributed by atoms with E-state index in [9.17, 15) is 4.79 Å². The van der Waals surface area contributed by atoms with Gasteiger partial charge in [0.2, 0.25) is 5.91 Å². The number of amides is 1. The first-order valence-electron chi connectivity index (χ1n) is 9.21. The van der Waals surface area contributed by atoms with Crippen LogP contribution in [0, 0.1) is 0 Å². The Hall–Kier alpha value is -2.88. The van der Waals surface area contributed by atoms with Crippen LogP contribution in [0.2, 0.25) is 0 Å². The summed E-state index contributed by atoms with van der Waals surface area (Å²) in [5.74, 6) is -0.339. The third kappa shape index (κ3) is 4.60. The van der Waals surface area contributed by atoms with Crippen molar-refractivity contribution >= 4 is 22.5 Å². The van der Waals surface area contributed by atoms with Gasteiger partial charge in [0.1, 0.15) is 0 Å². The van der Waals surface area contributed by atoms with Gasteiger partial charge in [0.05, 0.1) is 5.52 Å². The maximum absolute atomic E-state index is 11.4. The summed E-state index contributed by atoms with van der Waals surface area (Å²) in [6.07, 6.45) is 7.25. The quantitative estimate of drug-likeness (QED) is 0.558. The minimum Gasteiger partial charge on any atom is -0.384 e. The third-order valence-electron chi connectivity index (χ3n) is 4.62. The van der Waals surface area contributed by atoms with Crippen LogP contribution in [-0.2, 0) is 6.42 Å². The Morgan fingerprint density at radius 2 is 1.69 bits per heavy atom. The molecule has 4 heteroatoms. The van der Waals surface area contributed by atoms with Crippen LogP contribution in [0.3, 0.4) is 0 Å². The Labute approximate surface area is 154 Å². The number of nitrogens with two attached hydrogens (primary N) is 1. The Bertz CT molecular complexity index is 871. The van der Waals surface area contributed by atoms with Gasteiger partial charge in [-0.25, -0.2) is 0 Å². The highest BCUT2D eigenvalue weighted by atomic mass is 16.1. The zero-order valence-electron chi connectivity index (χ0n) is 14.9. The van der Waals surface area contributed by atoms with Crippen LogP contribution in [0.25, 0.3) is 10.9 Å². The molecule has 0 aliphatic carbocycles. The fourth-order valence-corrected chi connectivity index (χ4v) is 3.25. The third-order valence-corrected chi connectivity index (χ3v) is 4.62. The Balaban J connectivity index is 1.39. The van der Waals surface area contributed by atoms with Crippen LogP contribution in [0.5, 0.6) is 0 Å². The molecule has 1 heterocycles. The highest BCUT2D eigenvalue weighted by molar-refractivity contribution is 5.94. The lowest BCUT2D eigenvalue weighted by molar-refractivity contribution is 0.0999. The second-order valence-corrected chi connectivity index (χ2v) is 6.49. The number of unbranched alkanes of at least 4 members (excludes halogenated alkanes) is 3. The fourth-order valence-electron chi connectivity index (χ4n) is 3.25. The molecule has 0 fully saturated rings. The smallest absolute Gasteiger partial charge is 0.248 e. The van der Waals surface area contributed by atoms with Gasteiger partial charge in [0.25, 0.3) is 0 Å². The van der Waals surface area contributed by atoms with Gasteiger partial charge < -0.3 is 11.1 Å². The van der Waals surface area contributed by atoms with Gasteiger partial charge in [-0.1, -0.05) is 49.2 Å². The summed E-state index contributed by atoms with van der Waals surface area (Å²) in [7, 11) is 0. The molecule has 4 nitrogen and oxygen atoms in total. The number of primary amides is 1. The fraction of sp³-hybridized carbons (Fsp3) is 0.273. The van der Waals surface area contributed by atoms with E-state index >= 15 is 0 Å². The summed E-state index contributed by atoms with van der Waals surface area (Å²) < 4.78 is 0. The minimum absolute atomic E-state index is 0.339. The van der Waals surface area contributed by atoms with Gasteiger partial charge in [0.15, 0.2) is 0 Å². The first-order chi connectivity index (χ1) is 12.8. The number of carbonyl (C=O) groups is 1. The van der Waals surface area contributed by atoms with E-state index in [1.165, 1.54) is 0 Å². The summed E-state index contributed by atoms with van der Waals surface area (Å²) in [5.41, 5.74) is 9.30. The molecule has 0 saturated heterocycles. The Kier molecular flexibility index (Phi) is 6.20. The molecule has 0 unspecified atom stereocenters. The lowest BCUT2D eigenvalue weighted by Gasteiger charge is -2.09. The number of pyridine rings is 1. The Morgan fingerprint density at radius 1 is 0.923 bits per heavy atom. The molecule has 0 aliphatic rings. The van der Waals surface area contributed by atoms with E-state index in [2.05, 4.69) is 16.4 Å². The zero-order chi connectivity index (χ0) is 18.2. The highest BCUT2D eigenvalue weighted by Crippen LogP contribution is 2.21. The molecule has 0 spiro atoms. The first kappa shape index (κ1) is 17.9. The van der Waals surface area contributed by atoms with Crippen LogP contribution in [0.1, 0.15) is 41.6 Å². The number of carbonyl (C=O) groups excluding carboxylic acids is 1. The van der Waals surface area contributed by atoms with Crippen LogP contribution in [0.4, 0.5) is 5.69 Å². The lowest BCUT2D eigenvalue weighted by atomic mass is 10.0. The molecule has 0 radical (unpaired) electrons. The van der Waals surface area contributed by atoms with Gasteiger partial charge in [-0.15, -0.1) is 0 Å². The number of aryl methyl sites for hydroxylation is 1. The molecule has 26 heavy (non-hydrogen) atoms. The maximum Gasteiger partial charge on any atom is 0.248 e. The Morgan fingerprint density at radius 3 is 2.58 bits per heavy atom. The molecule has 3 N–H and O–H groups in total. The molecule has 2 aromatic carbocycles. The number of hydrogen-bond donors (Lipinski definition) is 2. The number of anilines is 1. The second kappa shape index (κ2) is 8.99. The second-order valence-electron chi connectivity index (χ2n) is 6.49. The van der Waals surface area contributed by atoms with Crippen molar-refractivity contribution in [1.29, 1.82) is 0 Å². The summed E-state index contributed by atoms with van der Waals surface area (Å²) in [6.45, 7) is 0.950. The summed E-state index contributed by atoms with van der Waals surface area (Å²) >= 11 is 0. The number of benzene rings is 2. The number of rotatable bonds is 9. The van der Waals surface area contributed by atoms with E-state index < -0.39 is 0 Å². The van der Waals surface area contributed by atoms with E-state index in [0.717, 1.165) is 60.8 Å². The molecule has 0 bridgehead atoms. The number of nitrogens with one attached hydrogen (secondary N) is 1. The number of hydrogen-bond acceptors (Lipinski definition) is 3. The molecule has 3 aromatic rings. The number of aromatic nitrogens is 1. The average molecular weight is 347 g/mol. The monoisotopic (exact) mass is 347 g/mol. The normalized spacial score (nSPS) is 10.8. The van der Waals surface area contributed by atoms with E-state index in [0.29, 0.717) is 5.56 Å². The predicted octanol–water partition coefficient (Wildman–Crippen LogP) is 4.55. The lowest BCUT2D eigenvalue weighted by Crippen LogP contribution is -2.13. The van der Waals surface area contributed by atoms with Crippen LogP contribution < -0.4 is 11.1 Å². The zero-order valence-corrected chi connectivity index (χ0v) is 14.9. The van der Waals surface area contributed by atoms with E-state index in [1.807, 2.05) is 48.7 Å². The highest BCUT2D eigenvalue weighted by Gasteiger charge is 2.06. The molecule has 3 rings (SSSR count). The van der Waals surface area contributed by atoms with Crippen LogP contribution in [-0.4, -0.2) is 17.4 Å². The maximum atomic E-state index is 11.4. The first-order valence-corrected chi connectivity index (χ1v) is 9.21. The summed E-state index contributed by atoms with van der Waals surface area (Å²) in [4.78, 5) is 15.8. The average Bonchev–Trinajstić information content (AvgIpc) is 2.67. The molecule has 1 amide bonds.